The molecule has 0 aliphatic rings. The summed E-state index contributed by atoms with van der Waals surface area (Å²) in [7, 11) is 0. The molecular formula is C31H33N3O3S2. The summed E-state index contributed by atoms with van der Waals surface area (Å²) < 4.78 is -1.05. The molecule has 0 saturated heterocycles. The third-order valence-electron chi connectivity index (χ3n) is 6.40. The van der Waals surface area contributed by atoms with Crippen LogP contribution in [0.4, 0.5) is 0 Å². The molecule has 8 heteroatoms. The average molecular weight is 560 g/mol. The molecule has 6 nitrogen and oxygen atoms in total. The number of hydrogen-bond acceptors (Lipinski definition) is 5. The van der Waals surface area contributed by atoms with Crippen molar-refractivity contribution in [2.45, 2.75) is 41.6 Å². The van der Waals surface area contributed by atoms with Crippen LogP contribution >= 0.6 is 23.5 Å². The van der Waals surface area contributed by atoms with Gasteiger partial charge in [-0.25, -0.2) is 9.78 Å². The lowest BCUT2D eigenvalue weighted by molar-refractivity contribution is -0.141. The number of nitrogens with zero attached hydrogens (tertiary/aromatic N) is 1. The molecule has 0 unspecified atom stereocenters. The molecular weight excluding hydrogens is 526 g/mol. The highest BCUT2D eigenvalue weighted by molar-refractivity contribution is 8.00. The zero-order valence-corrected chi connectivity index (χ0v) is 23.7. The third-order valence-corrected chi connectivity index (χ3v) is 9.42. The van der Waals surface area contributed by atoms with E-state index in [0.717, 1.165) is 22.4 Å². The normalized spacial score (nSPS) is 12.6. The molecule has 4 aromatic rings. The first-order valence-corrected chi connectivity index (χ1v) is 14.7. The van der Waals surface area contributed by atoms with Crippen molar-refractivity contribution in [1.82, 2.24) is 15.3 Å². The van der Waals surface area contributed by atoms with E-state index in [9.17, 15) is 14.7 Å². The van der Waals surface area contributed by atoms with E-state index in [1.54, 1.807) is 24.3 Å². The number of amides is 1. The molecule has 1 atom stereocenters. The molecule has 0 aliphatic heterocycles. The van der Waals surface area contributed by atoms with E-state index in [2.05, 4.69) is 51.7 Å². The van der Waals surface area contributed by atoms with Crippen molar-refractivity contribution >= 4 is 35.4 Å². The van der Waals surface area contributed by atoms with Crippen LogP contribution in [-0.2, 0) is 20.1 Å². The number of carboxylic acids is 1. The van der Waals surface area contributed by atoms with Crippen molar-refractivity contribution in [3.05, 3.63) is 126 Å². The van der Waals surface area contributed by atoms with Crippen molar-refractivity contribution in [2.24, 2.45) is 0 Å². The van der Waals surface area contributed by atoms with Gasteiger partial charge in [0.2, 0.25) is 5.91 Å². The lowest BCUT2D eigenvalue weighted by Gasteiger charge is -2.36. The SMILES string of the molecule is CC(C)(CC(=O)N[C@@H](CSC(c1ccccc1)(c1ccccc1)c1ccccc1)C(=O)O)SCc1cnc[nH]1. The zero-order valence-electron chi connectivity index (χ0n) is 22.0. The highest BCUT2D eigenvalue weighted by atomic mass is 32.2. The van der Waals surface area contributed by atoms with Gasteiger partial charge in [0.15, 0.2) is 0 Å². The molecule has 4 rings (SSSR count). The van der Waals surface area contributed by atoms with Gasteiger partial charge in [-0.05, 0) is 16.7 Å². The van der Waals surface area contributed by atoms with Crippen molar-refractivity contribution < 1.29 is 14.7 Å². The predicted molar refractivity (Wildman–Crippen MR) is 160 cm³/mol. The van der Waals surface area contributed by atoms with Crippen LogP contribution in [0.1, 0.15) is 42.7 Å². The van der Waals surface area contributed by atoms with Crippen LogP contribution in [0.3, 0.4) is 0 Å². The van der Waals surface area contributed by atoms with Crippen LogP contribution in [0.2, 0.25) is 0 Å². The Morgan fingerprint density at radius 2 is 1.38 bits per heavy atom. The third kappa shape index (κ3) is 7.34. The van der Waals surface area contributed by atoms with Crippen LogP contribution < -0.4 is 5.32 Å². The number of benzene rings is 3. The molecule has 0 fully saturated rings. The van der Waals surface area contributed by atoms with Gasteiger partial charge >= 0.3 is 5.97 Å². The molecule has 1 aromatic heterocycles. The smallest absolute Gasteiger partial charge is 0.327 e. The minimum absolute atomic E-state index is 0.182. The zero-order chi connectivity index (χ0) is 27.7. The van der Waals surface area contributed by atoms with Gasteiger partial charge in [0.05, 0.1) is 11.1 Å². The van der Waals surface area contributed by atoms with Crippen LogP contribution in [0.15, 0.2) is 104 Å². The van der Waals surface area contributed by atoms with Gasteiger partial charge in [-0.3, -0.25) is 4.79 Å². The molecule has 0 aliphatic carbocycles. The van der Waals surface area contributed by atoms with E-state index in [-0.39, 0.29) is 22.8 Å². The minimum atomic E-state index is -1.05. The average Bonchev–Trinajstić information content (AvgIpc) is 3.47. The largest absolute Gasteiger partial charge is 0.480 e. The number of imidazole rings is 1. The molecule has 0 spiro atoms. The number of carbonyl (C=O) groups is 2. The first-order valence-electron chi connectivity index (χ1n) is 12.7. The summed E-state index contributed by atoms with van der Waals surface area (Å²) in [6.07, 6.45) is 3.59. The maximum Gasteiger partial charge on any atom is 0.327 e. The van der Waals surface area contributed by atoms with Crippen LogP contribution in [0.5, 0.6) is 0 Å². The van der Waals surface area contributed by atoms with E-state index >= 15 is 0 Å². The fourth-order valence-electron chi connectivity index (χ4n) is 4.47. The van der Waals surface area contributed by atoms with Crippen LogP contribution in [0.25, 0.3) is 0 Å². The summed E-state index contributed by atoms with van der Waals surface area (Å²) in [6.45, 7) is 3.98. The number of nitrogens with one attached hydrogen (secondary N) is 2. The van der Waals surface area contributed by atoms with Crippen molar-refractivity contribution in [1.29, 1.82) is 0 Å². The Bertz CT molecular complexity index is 1230. The Morgan fingerprint density at radius 1 is 0.872 bits per heavy atom. The second kappa shape index (κ2) is 13.0. The van der Waals surface area contributed by atoms with Crippen LogP contribution in [0, 0.1) is 0 Å². The number of rotatable bonds is 13. The second-order valence-electron chi connectivity index (χ2n) is 9.85. The van der Waals surface area contributed by atoms with Gasteiger partial charge in [-0.2, -0.15) is 0 Å². The summed E-state index contributed by atoms with van der Waals surface area (Å²) in [6, 6.07) is 29.3. The predicted octanol–water partition coefficient (Wildman–Crippen LogP) is 6.11. The van der Waals surface area contributed by atoms with E-state index in [4.69, 9.17) is 0 Å². The van der Waals surface area contributed by atoms with Gasteiger partial charge in [-0.15, -0.1) is 23.5 Å². The van der Waals surface area contributed by atoms with Crippen LogP contribution in [-0.4, -0.2) is 43.5 Å². The standard InChI is InChI=1S/C31H33N3O3S2/c1-30(2,38-20-26-19-32-22-33-26)18-28(35)34-27(29(36)37)21-39-31(23-12-6-3-7-13-23,24-14-8-4-9-15-24)25-16-10-5-11-17-25/h3-17,19,22,27H,18,20-21H2,1-2H3,(H,32,33)(H,34,35)(H,36,37)/t27-/m0/s1. The number of hydrogen-bond donors (Lipinski definition) is 3. The molecule has 0 bridgehead atoms. The maximum atomic E-state index is 13.1. The number of aromatic nitrogens is 2. The van der Waals surface area contributed by atoms with Gasteiger partial charge in [0.1, 0.15) is 6.04 Å². The van der Waals surface area contributed by atoms with Crippen molar-refractivity contribution in [2.75, 3.05) is 5.75 Å². The Morgan fingerprint density at radius 3 is 1.82 bits per heavy atom. The number of carbonyl (C=O) groups excluding carboxylic acids is 1. The number of carboxylic acid groups (broad SMARTS) is 1. The Hall–Kier alpha value is -3.49. The monoisotopic (exact) mass is 559 g/mol. The number of thioether (sulfide) groups is 2. The fraction of sp³-hybridized carbons (Fsp3) is 0.258. The summed E-state index contributed by atoms with van der Waals surface area (Å²) in [4.78, 5) is 32.5. The molecule has 3 aromatic carbocycles. The molecule has 1 amide bonds. The quantitative estimate of drug-likeness (QED) is 0.171. The molecule has 0 saturated carbocycles. The lowest BCUT2D eigenvalue weighted by Crippen LogP contribution is -2.45. The van der Waals surface area contributed by atoms with E-state index in [1.807, 2.05) is 68.4 Å². The summed E-state index contributed by atoms with van der Waals surface area (Å²) in [5.41, 5.74) is 4.10. The molecule has 0 radical (unpaired) electrons. The topological polar surface area (TPSA) is 95.1 Å². The van der Waals surface area contributed by atoms with E-state index in [1.165, 1.54) is 11.8 Å². The number of aromatic amines is 1. The van der Waals surface area contributed by atoms with Crippen molar-refractivity contribution in [3.63, 3.8) is 0 Å². The van der Waals surface area contributed by atoms with Gasteiger partial charge in [0, 0.05) is 34.6 Å². The van der Waals surface area contributed by atoms with Gasteiger partial charge in [0.25, 0.3) is 0 Å². The van der Waals surface area contributed by atoms with E-state index in [0.29, 0.717) is 5.75 Å². The van der Waals surface area contributed by atoms with Crippen molar-refractivity contribution in [3.8, 4) is 0 Å². The molecule has 3 N–H and O–H groups in total. The number of H-pyrrole nitrogens is 1. The summed E-state index contributed by atoms with van der Waals surface area (Å²) >= 11 is 3.15. The summed E-state index contributed by atoms with van der Waals surface area (Å²) in [5, 5.41) is 12.9. The maximum absolute atomic E-state index is 13.1. The first kappa shape index (κ1) is 28.5. The highest BCUT2D eigenvalue weighted by Crippen LogP contribution is 2.48. The fourth-order valence-corrected chi connectivity index (χ4v) is 6.96. The Kier molecular flexibility index (Phi) is 9.54. The van der Waals surface area contributed by atoms with Gasteiger partial charge in [-0.1, -0.05) is 105 Å². The highest BCUT2D eigenvalue weighted by Gasteiger charge is 2.38. The first-order chi connectivity index (χ1) is 18.8. The lowest BCUT2D eigenvalue weighted by atomic mass is 9.84. The Labute approximate surface area is 238 Å². The van der Waals surface area contributed by atoms with E-state index < -0.39 is 16.8 Å². The second-order valence-corrected chi connectivity index (χ2v) is 12.8. The molecule has 202 valence electrons. The number of aliphatic carboxylic acids is 1. The van der Waals surface area contributed by atoms with Gasteiger partial charge < -0.3 is 15.4 Å². The minimum Gasteiger partial charge on any atom is -0.480 e. The molecule has 39 heavy (non-hydrogen) atoms. The molecule has 1 heterocycles. The Balaban J connectivity index is 1.56. The summed E-state index contributed by atoms with van der Waals surface area (Å²) in [5.74, 6) is -0.468.